The van der Waals surface area contributed by atoms with E-state index in [-0.39, 0.29) is 13.9 Å². The van der Waals surface area contributed by atoms with Crippen LogP contribution in [0.25, 0.3) is 0 Å². The van der Waals surface area contributed by atoms with Crippen LogP contribution in [0.1, 0.15) is 25.7 Å². The van der Waals surface area contributed by atoms with E-state index in [4.69, 9.17) is 25.3 Å². The minimum atomic E-state index is -1.23. The van der Waals surface area contributed by atoms with Crippen molar-refractivity contribution < 1.29 is 24.4 Å². The fraction of sp³-hybridized carbons (Fsp3) is 0.909. The van der Waals surface area contributed by atoms with Gasteiger partial charge in [-0.1, -0.05) is 19.2 Å². The van der Waals surface area contributed by atoms with Crippen LogP contribution in [0.15, 0.2) is 0 Å². The monoisotopic (exact) mass is 261 g/mol. The molecule has 4 N–H and O–H groups in total. The Labute approximate surface area is 109 Å². The standard InChI is InChI=1S/C11H24BNO5/c1-17-8-9-18-7-5-11(13,10(14)15)4-2-3-6-12-16/h12,16H,2-9,13H2,1H3,(H,14,15). The number of carboxylic acids is 1. The molecule has 0 aromatic carbocycles. The highest BCUT2D eigenvalue weighted by Gasteiger charge is 2.32. The van der Waals surface area contributed by atoms with Gasteiger partial charge in [-0.3, -0.25) is 4.79 Å². The summed E-state index contributed by atoms with van der Waals surface area (Å²) >= 11 is 0. The summed E-state index contributed by atoms with van der Waals surface area (Å²) < 4.78 is 10.1. The van der Waals surface area contributed by atoms with Crippen LogP contribution in [0.3, 0.4) is 0 Å². The van der Waals surface area contributed by atoms with Crippen LogP contribution >= 0.6 is 0 Å². The van der Waals surface area contributed by atoms with Crippen LogP contribution in [0, 0.1) is 0 Å². The number of nitrogens with two attached hydrogens (primary N) is 1. The van der Waals surface area contributed by atoms with Gasteiger partial charge in [-0.2, -0.15) is 0 Å². The first kappa shape index (κ1) is 17.4. The molecule has 1 atom stereocenters. The number of carboxylic acid groups (broad SMARTS) is 1. The van der Waals surface area contributed by atoms with E-state index in [1.54, 1.807) is 7.11 Å². The number of hydrogen-bond acceptors (Lipinski definition) is 5. The largest absolute Gasteiger partial charge is 0.480 e. The summed E-state index contributed by atoms with van der Waals surface area (Å²) in [5.74, 6) is -0.998. The summed E-state index contributed by atoms with van der Waals surface area (Å²) in [7, 11) is 1.71. The smallest absolute Gasteiger partial charge is 0.323 e. The van der Waals surface area contributed by atoms with Gasteiger partial charge >= 0.3 is 5.97 Å². The first-order chi connectivity index (χ1) is 8.56. The molecular formula is C11H24BNO5. The topological polar surface area (TPSA) is 102 Å². The predicted molar refractivity (Wildman–Crippen MR) is 69.9 cm³/mol. The molecule has 18 heavy (non-hydrogen) atoms. The lowest BCUT2D eigenvalue weighted by Gasteiger charge is -2.24. The van der Waals surface area contributed by atoms with Crippen molar-refractivity contribution in [3.63, 3.8) is 0 Å². The zero-order valence-corrected chi connectivity index (χ0v) is 11.1. The number of aliphatic carboxylic acids is 1. The van der Waals surface area contributed by atoms with E-state index < -0.39 is 11.5 Å². The molecule has 0 heterocycles. The number of ether oxygens (including phenoxy) is 2. The SMILES string of the molecule is COCCOCCC(N)(CCCCBO)C(=O)O. The van der Waals surface area contributed by atoms with Gasteiger partial charge in [-0.05, 0) is 12.8 Å². The normalized spacial score (nSPS) is 14.2. The molecule has 0 aliphatic rings. The van der Waals surface area contributed by atoms with Gasteiger partial charge in [0.15, 0.2) is 0 Å². The maximum atomic E-state index is 11.2. The molecular weight excluding hydrogens is 237 g/mol. The van der Waals surface area contributed by atoms with Gasteiger partial charge in [0.2, 0.25) is 0 Å². The Hall–Kier alpha value is -0.625. The van der Waals surface area contributed by atoms with Gasteiger partial charge in [0.1, 0.15) is 5.54 Å². The molecule has 0 aromatic heterocycles. The van der Waals surface area contributed by atoms with Crippen LogP contribution in [-0.4, -0.2) is 56.1 Å². The number of rotatable bonds is 12. The Morgan fingerprint density at radius 2 is 2.00 bits per heavy atom. The van der Waals surface area contributed by atoms with Gasteiger partial charge in [0, 0.05) is 13.7 Å². The summed E-state index contributed by atoms with van der Waals surface area (Å²) in [6, 6.07) is 0. The van der Waals surface area contributed by atoms with Crippen molar-refractivity contribution >= 4 is 13.5 Å². The molecule has 0 aromatic rings. The van der Waals surface area contributed by atoms with Crippen LogP contribution in [0.4, 0.5) is 0 Å². The molecule has 0 amide bonds. The number of carbonyl (C=O) groups is 1. The van der Waals surface area contributed by atoms with Crippen molar-refractivity contribution in [1.82, 2.24) is 0 Å². The molecule has 0 spiro atoms. The van der Waals surface area contributed by atoms with Crippen molar-refractivity contribution in [3.05, 3.63) is 0 Å². The fourth-order valence-electron chi connectivity index (χ4n) is 1.57. The molecule has 106 valence electrons. The molecule has 0 fully saturated rings. The summed E-state index contributed by atoms with van der Waals surface area (Å²) in [4.78, 5) is 11.2. The van der Waals surface area contributed by atoms with Gasteiger partial charge in [-0.25, -0.2) is 0 Å². The molecule has 0 saturated carbocycles. The van der Waals surface area contributed by atoms with Crippen molar-refractivity contribution in [2.24, 2.45) is 5.73 Å². The van der Waals surface area contributed by atoms with Gasteiger partial charge in [0.05, 0.1) is 13.2 Å². The van der Waals surface area contributed by atoms with Gasteiger partial charge in [0.25, 0.3) is 7.48 Å². The van der Waals surface area contributed by atoms with Gasteiger partial charge in [-0.15, -0.1) is 0 Å². The van der Waals surface area contributed by atoms with E-state index >= 15 is 0 Å². The highest BCUT2D eigenvalue weighted by molar-refractivity contribution is 6.25. The Bertz CT molecular complexity index is 229. The number of methoxy groups -OCH3 is 1. The second-order valence-corrected chi connectivity index (χ2v) is 4.35. The van der Waals surface area contributed by atoms with E-state index in [1.807, 2.05) is 0 Å². The average Bonchev–Trinajstić information content (AvgIpc) is 2.34. The minimum Gasteiger partial charge on any atom is -0.480 e. The van der Waals surface area contributed by atoms with Crippen LogP contribution in [0.2, 0.25) is 6.32 Å². The number of unbranched alkanes of at least 4 members (excludes halogenated alkanes) is 1. The van der Waals surface area contributed by atoms with Crippen LogP contribution in [0.5, 0.6) is 0 Å². The lowest BCUT2D eigenvalue weighted by atomic mass is 9.86. The number of hydrogen-bond donors (Lipinski definition) is 3. The second kappa shape index (κ2) is 10.3. The van der Waals surface area contributed by atoms with Gasteiger partial charge < -0.3 is 25.3 Å². The zero-order valence-electron chi connectivity index (χ0n) is 11.1. The predicted octanol–water partition coefficient (Wildman–Crippen LogP) is -0.246. The van der Waals surface area contributed by atoms with Crippen molar-refractivity contribution in [1.29, 1.82) is 0 Å². The summed E-state index contributed by atoms with van der Waals surface area (Å²) in [5.41, 5.74) is 4.63. The Morgan fingerprint density at radius 1 is 1.28 bits per heavy atom. The minimum absolute atomic E-state index is 0.130. The van der Waals surface area contributed by atoms with E-state index in [1.165, 1.54) is 0 Å². The highest BCUT2D eigenvalue weighted by Crippen LogP contribution is 2.17. The molecule has 1 unspecified atom stereocenters. The molecule has 0 saturated heterocycles. The molecule has 0 aliphatic heterocycles. The van der Waals surface area contributed by atoms with E-state index in [0.717, 1.165) is 6.42 Å². The highest BCUT2D eigenvalue weighted by atomic mass is 16.5. The quantitative estimate of drug-likeness (QED) is 0.331. The fourth-order valence-corrected chi connectivity index (χ4v) is 1.57. The first-order valence-electron chi connectivity index (χ1n) is 6.26. The van der Waals surface area contributed by atoms with Crippen molar-refractivity contribution in [2.45, 2.75) is 37.5 Å². The third-order valence-corrected chi connectivity index (χ3v) is 2.83. The summed E-state index contributed by atoms with van der Waals surface area (Å²) in [5, 5.41) is 17.8. The Kier molecular flexibility index (Phi) is 9.95. The van der Waals surface area contributed by atoms with E-state index in [9.17, 15) is 4.79 Å². The lowest BCUT2D eigenvalue weighted by Crippen LogP contribution is -2.48. The third-order valence-electron chi connectivity index (χ3n) is 2.83. The molecule has 0 radical (unpaired) electrons. The zero-order chi connectivity index (χ0) is 13.9. The molecule has 7 heteroatoms. The third kappa shape index (κ3) is 7.65. The molecule has 0 rings (SSSR count). The second-order valence-electron chi connectivity index (χ2n) is 4.35. The van der Waals surface area contributed by atoms with E-state index in [2.05, 4.69) is 0 Å². The lowest BCUT2D eigenvalue weighted by molar-refractivity contribution is -0.144. The molecule has 0 aliphatic carbocycles. The van der Waals surface area contributed by atoms with Crippen molar-refractivity contribution in [2.75, 3.05) is 26.9 Å². The molecule has 0 bridgehead atoms. The average molecular weight is 261 g/mol. The van der Waals surface area contributed by atoms with Crippen molar-refractivity contribution in [3.8, 4) is 0 Å². The summed E-state index contributed by atoms with van der Waals surface area (Å²) in [6.45, 7) is 1.24. The Balaban J connectivity index is 3.90. The van der Waals surface area contributed by atoms with Crippen LogP contribution in [-0.2, 0) is 14.3 Å². The first-order valence-corrected chi connectivity index (χ1v) is 6.26. The summed E-state index contributed by atoms with van der Waals surface area (Å²) in [6.07, 6.45) is 2.84. The molecule has 6 nitrogen and oxygen atoms in total. The Morgan fingerprint density at radius 3 is 2.56 bits per heavy atom. The maximum Gasteiger partial charge on any atom is 0.323 e. The van der Waals surface area contributed by atoms with Crippen LogP contribution < -0.4 is 5.73 Å². The maximum absolute atomic E-state index is 11.2. The van der Waals surface area contributed by atoms with E-state index in [0.29, 0.717) is 39.0 Å².